The van der Waals surface area contributed by atoms with Crippen molar-refractivity contribution < 1.29 is 14.4 Å². The van der Waals surface area contributed by atoms with Gasteiger partial charge in [-0.2, -0.15) is 0 Å². The molecule has 1 aromatic heterocycles. The lowest BCUT2D eigenvalue weighted by atomic mass is 10.1. The third kappa shape index (κ3) is 6.14. The molecule has 0 aliphatic rings. The number of halogens is 1. The van der Waals surface area contributed by atoms with Gasteiger partial charge < -0.3 is 9.47 Å². The molecule has 1 atom stereocenters. The molecule has 0 saturated heterocycles. The second-order valence-corrected chi connectivity index (χ2v) is 9.21. The van der Waals surface area contributed by atoms with E-state index >= 15 is 0 Å². The standard InChI is InChI=1S/C23H25BrN4O4S/c1-5-11-32-22-19(24)12-17(13-20(22)31-6-2)21(14-27(29)30)33-23-26-25-16(4)28(23)18-9-7-15(3)8-10-18/h5,7-10,12-13,21H,1,6,11,14H2,2-4H3/t21-/m0/s1. The predicted octanol–water partition coefficient (Wildman–Crippen LogP) is 5.72. The van der Waals surface area contributed by atoms with Gasteiger partial charge in [-0.1, -0.05) is 42.1 Å². The number of hydrogen-bond acceptors (Lipinski definition) is 7. The zero-order valence-corrected chi connectivity index (χ0v) is 21.1. The van der Waals surface area contributed by atoms with Crippen LogP contribution in [0.4, 0.5) is 0 Å². The molecular weight excluding hydrogens is 508 g/mol. The Kier molecular flexibility index (Phi) is 8.51. The van der Waals surface area contributed by atoms with Crippen LogP contribution in [0.15, 0.2) is 58.7 Å². The summed E-state index contributed by atoms with van der Waals surface area (Å²) in [5.74, 6) is 1.74. The molecule has 0 aliphatic heterocycles. The normalized spacial score (nSPS) is 11.8. The zero-order chi connectivity index (χ0) is 24.0. The van der Waals surface area contributed by atoms with Crippen molar-refractivity contribution in [2.75, 3.05) is 19.8 Å². The molecule has 0 saturated carbocycles. The summed E-state index contributed by atoms with van der Waals surface area (Å²) in [6.45, 7) is 9.85. The fraction of sp³-hybridized carbons (Fsp3) is 0.304. The Balaban J connectivity index is 2.02. The minimum atomic E-state index is -0.531. The van der Waals surface area contributed by atoms with Gasteiger partial charge in [-0.15, -0.1) is 10.2 Å². The van der Waals surface area contributed by atoms with Crippen molar-refractivity contribution in [3.05, 3.63) is 80.6 Å². The minimum Gasteiger partial charge on any atom is -0.490 e. The highest BCUT2D eigenvalue weighted by Gasteiger charge is 2.26. The Morgan fingerprint density at radius 3 is 2.61 bits per heavy atom. The molecule has 0 amide bonds. The number of ether oxygens (including phenoxy) is 2. The Morgan fingerprint density at radius 1 is 1.24 bits per heavy atom. The first-order valence-electron chi connectivity index (χ1n) is 10.3. The van der Waals surface area contributed by atoms with E-state index in [1.54, 1.807) is 12.1 Å². The monoisotopic (exact) mass is 532 g/mol. The second-order valence-electron chi connectivity index (χ2n) is 7.19. The topological polar surface area (TPSA) is 92.3 Å². The Hall–Kier alpha value is -2.85. The number of hydrogen-bond donors (Lipinski definition) is 0. The zero-order valence-electron chi connectivity index (χ0n) is 18.7. The van der Waals surface area contributed by atoms with Gasteiger partial charge in [-0.05, 0) is 66.5 Å². The first kappa shape index (κ1) is 24.8. The molecular formula is C23H25BrN4O4S. The molecule has 33 heavy (non-hydrogen) atoms. The van der Waals surface area contributed by atoms with E-state index in [9.17, 15) is 10.1 Å². The molecule has 3 rings (SSSR count). The first-order valence-corrected chi connectivity index (χ1v) is 12.0. The SMILES string of the molecule is C=CCOc1c(Br)cc([C@H](C[N+](=O)[O-])Sc2nnc(C)n2-c2ccc(C)cc2)cc1OCC. The van der Waals surface area contributed by atoms with Crippen LogP contribution < -0.4 is 9.47 Å². The molecule has 0 unspecified atom stereocenters. The van der Waals surface area contributed by atoms with E-state index in [1.807, 2.05) is 55.7 Å². The van der Waals surface area contributed by atoms with Crippen LogP contribution >= 0.6 is 27.7 Å². The first-order chi connectivity index (χ1) is 15.8. The van der Waals surface area contributed by atoms with E-state index in [0.717, 1.165) is 11.3 Å². The summed E-state index contributed by atoms with van der Waals surface area (Å²) in [6.07, 6.45) is 1.64. The Labute approximate surface area is 205 Å². The maximum absolute atomic E-state index is 11.5. The number of benzene rings is 2. The molecule has 0 bridgehead atoms. The number of aromatic nitrogens is 3. The average molecular weight is 533 g/mol. The summed E-state index contributed by atoms with van der Waals surface area (Å²) < 4.78 is 14.1. The number of thioether (sulfide) groups is 1. The Morgan fingerprint density at radius 2 is 1.97 bits per heavy atom. The van der Waals surface area contributed by atoms with Crippen molar-refractivity contribution in [3.63, 3.8) is 0 Å². The van der Waals surface area contributed by atoms with Gasteiger partial charge in [0.15, 0.2) is 16.7 Å². The van der Waals surface area contributed by atoms with Gasteiger partial charge in [-0.3, -0.25) is 14.7 Å². The maximum atomic E-state index is 11.5. The summed E-state index contributed by atoms with van der Waals surface area (Å²) in [7, 11) is 0. The van der Waals surface area contributed by atoms with Crippen molar-refractivity contribution in [2.45, 2.75) is 31.2 Å². The van der Waals surface area contributed by atoms with E-state index < -0.39 is 5.25 Å². The molecule has 0 spiro atoms. The van der Waals surface area contributed by atoms with Gasteiger partial charge in [0.25, 0.3) is 0 Å². The van der Waals surface area contributed by atoms with Crippen LogP contribution in [-0.4, -0.2) is 39.4 Å². The molecule has 3 aromatic rings. The third-order valence-electron chi connectivity index (χ3n) is 4.70. The van der Waals surface area contributed by atoms with E-state index in [-0.39, 0.29) is 11.5 Å². The van der Waals surface area contributed by atoms with E-state index in [2.05, 4.69) is 32.7 Å². The highest BCUT2D eigenvalue weighted by Crippen LogP contribution is 2.43. The van der Waals surface area contributed by atoms with Crippen molar-refractivity contribution >= 4 is 27.7 Å². The molecule has 0 fully saturated rings. The molecule has 0 N–H and O–H groups in total. The van der Waals surface area contributed by atoms with Gasteiger partial charge in [0.05, 0.1) is 11.1 Å². The molecule has 8 nitrogen and oxygen atoms in total. The van der Waals surface area contributed by atoms with Crippen LogP contribution in [0.1, 0.15) is 29.1 Å². The fourth-order valence-corrected chi connectivity index (χ4v) is 4.93. The molecule has 0 radical (unpaired) electrons. The van der Waals surface area contributed by atoms with Crippen LogP contribution in [0.5, 0.6) is 11.5 Å². The van der Waals surface area contributed by atoms with Gasteiger partial charge in [0.1, 0.15) is 17.7 Å². The van der Waals surface area contributed by atoms with Gasteiger partial charge in [0.2, 0.25) is 6.54 Å². The van der Waals surface area contributed by atoms with E-state index in [4.69, 9.17) is 9.47 Å². The summed E-state index contributed by atoms with van der Waals surface area (Å²) in [6, 6.07) is 11.6. The van der Waals surface area contributed by atoms with Gasteiger partial charge in [-0.25, -0.2) is 0 Å². The molecule has 10 heteroatoms. The van der Waals surface area contributed by atoms with Crippen molar-refractivity contribution in [2.24, 2.45) is 0 Å². The molecule has 174 valence electrons. The molecule has 1 heterocycles. The highest BCUT2D eigenvalue weighted by molar-refractivity contribution is 9.10. The number of aryl methyl sites for hydroxylation is 2. The molecule has 0 aliphatic carbocycles. The van der Waals surface area contributed by atoms with E-state index in [0.29, 0.717) is 45.7 Å². The van der Waals surface area contributed by atoms with Crippen LogP contribution in [0, 0.1) is 24.0 Å². The van der Waals surface area contributed by atoms with Crippen LogP contribution in [0.25, 0.3) is 5.69 Å². The van der Waals surface area contributed by atoms with Gasteiger partial charge >= 0.3 is 0 Å². The quantitative estimate of drug-likeness (QED) is 0.135. The van der Waals surface area contributed by atoms with Crippen molar-refractivity contribution in [1.82, 2.24) is 14.8 Å². The lowest BCUT2D eigenvalue weighted by molar-refractivity contribution is -0.479. The predicted molar refractivity (Wildman–Crippen MR) is 132 cm³/mol. The Bertz CT molecular complexity index is 1130. The summed E-state index contributed by atoms with van der Waals surface area (Å²) in [5.41, 5.74) is 2.75. The number of nitrogens with zero attached hydrogens (tertiary/aromatic N) is 4. The highest BCUT2D eigenvalue weighted by atomic mass is 79.9. The number of nitro groups is 1. The smallest absolute Gasteiger partial charge is 0.220 e. The lowest BCUT2D eigenvalue weighted by Crippen LogP contribution is -2.12. The van der Waals surface area contributed by atoms with Crippen molar-refractivity contribution in [3.8, 4) is 17.2 Å². The minimum absolute atomic E-state index is 0.296. The number of rotatable bonds is 11. The summed E-state index contributed by atoms with van der Waals surface area (Å²) in [4.78, 5) is 11.2. The second kappa shape index (κ2) is 11.3. The summed E-state index contributed by atoms with van der Waals surface area (Å²) in [5, 5.41) is 20.1. The van der Waals surface area contributed by atoms with Gasteiger partial charge in [0, 0.05) is 10.6 Å². The van der Waals surface area contributed by atoms with Crippen LogP contribution in [0.2, 0.25) is 0 Å². The third-order valence-corrected chi connectivity index (χ3v) is 6.47. The summed E-state index contributed by atoms with van der Waals surface area (Å²) >= 11 is 4.82. The average Bonchev–Trinajstić information content (AvgIpc) is 3.13. The largest absolute Gasteiger partial charge is 0.490 e. The lowest BCUT2D eigenvalue weighted by Gasteiger charge is -2.18. The van der Waals surface area contributed by atoms with Crippen LogP contribution in [0.3, 0.4) is 0 Å². The fourth-order valence-electron chi connectivity index (χ4n) is 3.20. The van der Waals surface area contributed by atoms with Crippen molar-refractivity contribution in [1.29, 1.82) is 0 Å². The maximum Gasteiger partial charge on any atom is 0.220 e. The molecule has 2 aromatic carbocycles. The van der Waals surface area contributed by atoms with Crippen LogP contribution in [-0.2, 0) is 0 Å². The van der Waals surface area contributed by atoms with E-state index in [1.165, 1.54) is 11.8 Å².